The van der Waals surface area contributed by atoms with Crippen molar-refractivity contribution >= 4 is 35.0 Å². The quantitative estimate of drug-likeness (QED) is 0.186. The van der Waals surface area contributed by atoms with Crippen LogP contribution in [-0.2, 0) is 39.9 Å². The third kappa shape index (κ3) is 11.0. The molecule has 3 atom stereocenters. The number of aromatic nitrogens is 1. The Morgan fingerprint density at radius 2 is 1.76 bits per heavy atom. The molecule has 2 aliphatic heterocycles. The highest BCUT2D eigenvalue weighted by Gasteiger charge is 2.44. The summed E-state index contributed by atoms with van der Waals surface area (Å²) in [7, 11) is 1.42. The van der Waals surface area contributed by atoms with Crippen molar-refractivity contribution in [3.05, 3.63) is 41.0 Å². The number of nitrogens with zero attached hydrogens (tertiary/aromatic N) is 3. The summed E-state index contributed by atoms with van der Waals surface area (Å²) in [6.07, 6.45) is 0.812. The fourth-order valence-corrected chi connectivity index (χ4v) is 6.93. The van der Waals surface area contributed by atoms with Gasteiger partial charge in [-0.25, -0.2) is 4.98 Å². The molecule has 2 fully saturated rings. The zero-order valence-corrected chi connectivity index (χ0v) is 30.1. The highest BCUT2D eigenvalue weighted by molar-refractivity contribution is 7.13. The van der Waals surface area contributed by atoms with Crippen molar-refractivity contribution in [3.8, 4) is 10.4 Å². The number of amides is 3. The van der Waals surface area contributed by atoms with E-state index in [0.717, 1.165) is 54.2 Å². The van der Waals surface area contributed by atoms with E-state index in [4.69, 9.17) is 14.2 Å². The Kier molecular flexibility index (Phi) is 14.1. The van der Waals surface area contributed by atoms with Crippen molar-refractivity contribution in [1.29, 1.82) is 0 Å². The molecule has 4 rings (SSSR count). The van der Waals surface area contributed by atoms with E-state index in [1.165, 1.54) is 12.0 Å². The molecule has 2 aromatic rings. The third-order valence-electron chi connectivity index (χ3n) is 8.99. The number of carbonyl (C=O) groups excluding carboxylic acids is 4. The first-order valence-corrected chi connectivity index (χ1v) is 17.8. The van der Waals surface area contributed by atoms with Gasteiger partial charge in [0.05, 0.1) is 55.0 Å². The van der Waals surface area contributed by atoms with Crippen LogP contribution < -0.4 is 10.6 Å². The summed E-state index contributed by atoms with van der Waals surface area (Å²) in [5, 5.41) is 16.2. The number of aliphatic hydroxyl groups is 1. The smallest absolute Gasteiger partial charge is 0.308 e. The molecule has 49 heavy (non-hydrogen) atoms. The maximum absolute atomic E-state index is 13.8. The van der Waals surface area contributed by atoms with Gasteiger partial charge in [-0.2, -0.15) is 0 Å². The summed E-state index contributed by atoms with van der Waals surface area (Å²) >= 11 is 1.58. The summed E-state index contributed by atoms with van der Waals surface area (Å²) in [5.74, 6) is -1.42. The SMILES string of the molecule is COC(=O)C1CCN(CCOCCOCC(=O)N[C@H](C(=O)N2C[C@H](O)C[C@H]2C(=O)NCc2ccc(-c3scnc3C)cc2)C(C)(C)C)CC1. The number of aryl methyl sites for hydroxylation is 1. The van der Waals surface area contributed by atoms with Gasteiger partial charge in [0.2, 0.25) is 17.7 Å². The van der Waals surface area contributed by atoms with Crippen molar-refractivity contribution in [2.45, 2.75) is 71.7 Å². The fourth-order valence-electron chi connectivity index (χ4n) is 6.12. The Balaban J connectivity index is 1.20. The van der Waals surface area contributed by atoms with Crippen LogP contribution in [0.5, 0.6) is 0 Å². The Labute approximate surface area is 292 Å². The molecular formula is C35H51N5O8S. The Hall–Kier alpha value is -3.43. The maximum atomic E-state index is 13.8. The molecule has 270 valence electrons. The minimum Gasteiger partial charge on any atom is -0.469 e. The van der Waals surface area contributed by atoms with Crippen LogP contribution in [0.2, 0.25) is 0 Å². The number of likely N-dealkylation sites (tertiary alicyclic amines) is 2. The number of aliphatic hydroxyl groups excluding tert-OH is 1. The molecule has 0 unspecified atom stereocenters. The van der Waals surface area contributed by atoms with Crippen LogP contribution in [0.1, 0.15) is 51.3 Å². The molecule has 0 spiro atoms. The molecule has 1 aromatic carbocycles. The van der Waals surface area contributed by atoms with E-state index >= 15 is 0 Å². The highest BCUT2D eigenvalue weighted by atomic mass is 32.1. The van der Waals surface area contributed by atoms with Gasteiger partial charge < -0.3 is 39.8 Å². The minimum absolute atomic E-state index is 0.000599. The van der Waals surface area contributed by atoms with Crippen molar-refractivity contribution in [2.75, 3.05) is 59.7 Å². The van der Waals surface area contributed by atoms with Crippen LogP contribution in [0.4, 0.5) is 0 Å². The van der Waals surface area contributed by atoms with Crippen LogP contribution in [-0.4, -0.2) is 121 Å². The molecule has 2 aliphatic rings. The predicted octanol–water partition coefficient (Wildman–Crippen LogP) is 2.15. The van der Waals surface area contributed by atoms with Crippen molar-refractivity contribution in [1.82, 2.24) is 25.4 Å². The second-order valence-corrected chi connectivity index (χ2v) is 14.6. The standard InChI is InChI=1S/C35H51N5O8S/c1-23-30(49-22-37-23)25-8-6-24(7-9-25)19-36-32(43)28-18-27(41)20-40(28)33(44)31(35(2,3)4)38-29(42)21-48-17-16-47-15-14-39-12-10-26(11-13-39)34(45)46-5/h6-9,22,26-28,31,41H,10-21H2,1-5H3,(H,36,43)(H,38,42)/t27-,28+,31-/m1/s1. The van der Waals surface area contributed by atoms with Gasteiger partial charge in [-0.3, -0.25) is 19.2 Å². The van der Waals surface area contributed by atoms with E-state index in [-0.39, 0.29) is 50.5 Å². The second kappa shape index (κ2) is 18.0. The number of thiazole rings is 1. The first-order chi connectivity index (χ1) is 23.4. The van der Waals surface area contributed by atoms with E-state index in [0.29, 0.717) is 13.2 Å². The summed E-state index contributed by atoms with van der Waals surface area (Å²) in [6.45, 7) is 10.9. The molecule has 13 nitrogen and oxygen atoms in total. The second-order valence-electron chi connectivity index (χ2n) is 13.7. The van der Waals surface area contributed by atoms with Crippen molar-refractivity contribution in [2.24, 2.45) is 11.3 Å². The molecule has 14 heteroatoms. The molecule has 3 heterocycles. The lowest BCUT2D eigenvalue weighted by Crippen LogP contribution is -2.58. The fraction of sp³-hybridized carbons (Fsp3) is 0.629. The van der Waals surface area contributed by atoms with Gasteiger partial charge in [0.15, 0.2) is 0 Å². The van der Waals surface area contributed by atoms with E-state index < -0.39 is 35.4 Å². The number of hydrogen-bond acceptors (Lipinski definition) is 11. The molecule has 3 amide bonds. The highest BCUT2D eigenvalue weighted by Crippen LogP contribution is 2.28. The number of carbonyl (C=O) groups is 4. The molecule has 0 aliphatic carbocycles. The number of β-amino-alcohol motifs (C(OH)–C–C–N with tert-alkyl or cyclic N) is 1. The molecule has 1 aromatic heterocycles. The monoisotopic (exact) mass is 701 g/mol. The number of ether oxygens (including phenoxy) is 3. The first kappa shape index (κ1) is 38.4. The topological polar surface area (TPSA) is 160 Å². The van der Waals surface area contributed by atoms with Crippen molar-refractivity contribution < 1.29 is 38.5 Å². The Morgan fingerprint density at radius 1 is 1.06 bits per heavy atom. The van der Waals surface area contributed by atoms with Crippen molar-refractivity contribution in [3.63, 3.8) is 0 Å². The molecule has 0 bridgehead atoms. The number of esters is 1. The van der Waals surface area contributed by atoms with E-state index in [2.05, 4.69) is 20.5 Å². The maximum Gasteiger partial charge on any atom is 0.308 e. The molecule has 0 saturated carbocycles. The predicted molar refractivity (Wildman–Crippen MR) is 184 cm³/mol. The number of rotatable bonds is 15. The zero-order chi connectivity index (χ0) is 35.6. The van der Waals surface area contributed by atoms with Gasteiger partial charge in [0.1, 0.15) is 18.7 Å². The lowest BCUT2D eigenvalue weighted by Gasteiger charge is -2.35. The molecule has 3 N–H and O–H groups in total. The van der Waals surface area contributed by atoms with E-state index in [1.807, 2.05) is 57.5 Å². The number of piperidine rings is 1. The lowest BCUT2D eigenvalue weighted by molar-refractivity contribution is -0.147. The van der Waals surface area contributed by atoms with Crippen LogP contribution in [0.25, 0.3) is 10.4 Å². The first-order valence-electron chi connectivity index (χ1n) is 16.9. The van der Waals surface area contributed by atoms with Crippen LogP contribution in [0.3, 0.4) is 0 Å². The summed E-state index contributed by atoms with van der Waals surface area (Å²) in [5.41, 5.74) is 4.07. The zero-order valence-electron chi connectivity index (χ0n) is 29.2. The minimum atomic E-state index is -0.938. The lowest BCUT2D eigenvalue weighted by atomic mass is 9.85. The molecule has 0 radical (unpaired) electrons. The van der Waals surface area contributed by atoms with Gasteiger partial charge in [0, 0.05) is 26.1 Å². The number of nitrogens with one attached hydrogen (secondary N) is 2. The Morgan fingerprint density at radius 3 is 2.39 bits per heavy atom. The van der Waals surface area contributed by atoms with Gasteiger partial charge in [-0.1, -0.05) is 45.0 Å². The van der Waals surface area contributed by atoms with Crippen LogP contribution >= 0.6 is 11.3 Å². The number of benzene rings is 1. The van der Waals surface area contributed by atoms with Gasteiger partial charge in [-0.15, -0.1) is 11.3 Å². The van der Waals surface area contributed by atoms with Crippen LogP contribution in [0.15, 0.2) is 29.8 Å². The van der Waals surface area contributed by atoms with Crippen LogP contribution in [0, 0.1) is 18.3 Å². The van der Waals surface area contributed by atoms with E-state index in [1.54, 1.807) is 11.3 Å². The average Bonchev–Trinajstić information content (AvgIpc) is 3.70. The van der Waals surface area contributed by atoms with E-state index in [9.17, 15) is 24.3 Å². The largest absolute Gasteiger partial charge is 0.469 e. The normalized spacial score (nSPS) is 19.4. The molecule has 2 saturated heterocycles. The summed E-state index contributed by atoms with van der Waals surface area (Å²) in [4.78, 5) is 60.7. The van der Waals surface area contributed by atoms with Gasteiger partial charge in [-0.05, 0) is 49.4 Å². The summed E-state index contributed by atoms with van der Waals surface area (Å²) in [6, 6.07) is 6.07. The molecular weight excluding hydrogens is 650 g/mol. The van der Waals surface area contributed by atoms with Gasteiger partial charge in [0.25, 0.3) is 0 Å². The average molecular weight is 702 g/mol. The van der Waals surface area contributed by atoms with Gasteiger partial charge >= 0.3 is 5.97 Å². The summed E-state index contributed by atoms with van der Waals surface area (Å²) < 4.78 is 16.0. The third-order valence-corrected chi connectivity index (χ3v) is 9.97. The Bertz CT molecular complexity index is 1400. The number of hydrogen-bond donors (Lipinski definition) is 3. The number of methoxy groups -OCH3 is 1.